The number of hydrogen-bond acceptors (Lipinski definition) is 2. The van der Waals surface area contributed by atoms with Gasteiger partial charge < -0.3 is 4.74 Å². The number of amides is 1. The minimum atomic E-state index is -0.426. The van der Waals surface area contributed by atoms with Crippen molar-refractivity contribution in [1.29, 1.82) is 0 Å². The van der Waals surface area contributed by atoms with Crippen LogP contribution in [0.5, 0.6) is 0 Å². The van der Waals surface area contributed by atoms with Crippen LogP contribution in [0.2, 0.25) is 0 Å². The summed E-state index contributed by atoms with van der Waals surface area (Å²) in [6.45, 7) is 4.05. The van der Waals surface area contributed by atoms with Crippen molar-refractivity contribution in [2.45, 2.75) is 12.1 Å². The van der Waals surface area contributed by atoms with E-state index in [-0.39, 0.29) is 6.04 Å². The Labute approximate surface area is 191 Å². The van der Waals surface area contributed by atoms with Crippen LogP contribution in [0.3, 0.4) is 0 Å². The minimum absolute atomic E-state index is 0.318. The molecule has 1 amide bonds. The summed E-state index contributed by atoms with van der Waals surface area (Å²) in [7, 11) is 0. The van der Waals surface area contributed by atoms with Crippen LogP contribution in [-0.4, -0.2) is 11.0 Å². The third kappa shape index (κ3) is 4.70. The Bertz CT molecular complexity index is 1110. The Morgan fingerprint density at radius 2 is 1.42 bits per heavy atom. The highest BCUT2D eigenvalue weighted by Gasteiger charge is 2.45. The topological polar surface area (TPSA) is 29.5 Å². The predicted octanol–water partition coefficient (Wildman–Crippen LogP) is 7.43. The van der Waals surface area contributed by atoms with E-state index in [4.69, 9.17) is 4.74 Å². The predicted molar refractivity (Wildman–Crippen MR) is 128 cm³/mol. The second kappa shape index (κ2) is 9.63. The van der Waals surface area contributed by atoms with E-state index < -0.39 is 12.2 Å². The summed E-state index contributed by atoms with van der Waals surface area (Å²) >= 11 is 3.50. The van der Waals surface area contributed by atoms with Crippen LogP contribution in [0.4, 0.5) is 4.79 Å². The lowest BCUT2D eigenvalue weighted by atomic mass is 9.95. The van der Waals surface area contributed by atoms with E-state index in [0.717, 1.165) is 16.7 Å². The van der Waals surface area contributed by atoms with Crippen LogP contribution in [0.15, 0.2) is 120 Å². The van der Waals surface area contributed by atoms with E-state index in [1.165, 1.54) is 0 Å². The first kappa shape index (κ1) is 20.9. The summed E-state index contributed by atoms with van der Waals surface area (Å²) in [5, 5.41) is 0. The molecule has 0 N–H and O–H groups in total. The molecule has 0 bridgehead atoms. The van der Waals surface area contributed by atoms with Crippen LogP contribution in [0.25, 0.3) is 6.08 Å². The summed E-state index contributed by atoms with van der Waals surface area (Å²) in [6, 6.07) is 29.5. The first-order valence-electron chi connectivity index (χ1n) is 10.0. The van der Waals surface area contributed by atoms with Crippen molar-refractivity contribution in [2.75, 3.05) is 0 Å². The highest BCUT2D eigenvalue weighted by atomic mass is 79.9. The zero-order valence-electron chi connectivity index (χ0n) is 16.9. The number of carbonyl (C=O) groups excluding carboxylic acids is 1. The normalized spacial score (nSPS) is 18.9. The lowest BCUT2D eigenvalue weighted by Crippen LogP contribution is -2.27. The summed E-state index contributed by atoms with van der Waals surface area (Å²) < 4.78 is 6.49. The Balaban J connectivity index is 1.75. The van der Waals surface area contributed by atoms with Crippen molar-refractivity contribution >= 4 is 28.1 Å². The number of nitrogens with zero attached hydrogens (tertiary/aromatic N) is 1. The number of cyclic esters (lactones) is 1. The van der Waals surface area contributed by atoms with Crippen molar-refractivity contribution < 1.29 is 9.53 Å². The Morgan fingerprint density at radius 1 is 0.871 bits per heavy atom. The molecule has 1 aliphatic rings. The van der Waals surface area contributed by atoms with Crippen LogP contribution in [0, 0.1) is 0 Å². The standard InChI is InChI=1S/C27H22BrNO2/c1-20(28)24(19-11-14-21-12-5-2-6-13-21)29-25(22-15-7-3-8-16-22)26(31-27(29)30)23-17-9-4-10-18-23/h2-19,25-26H,1H2/b14-11+,24-19+/t25-,26+/m0/s1. The number of benzene rings is 3. The van der Waals surface area contributed by atoms with Crippen molar-refractivity contribution in [3.63, 3.8) is 0 Å². The Morgan fingerprint density at radius 3 is 2.00 bits per heavy atom. The fraction of sp³-hybridized carbons (Fsp3) is 0.0741. The molecule has 3 aromatic carbocycles. The zero-order chi connectivity index (χ0) is 21.6. The third-order valence-corrected chi connectivity index (χ3v) is 5.54. The van der Waals surface area contributed by atoms with Crippen molar-refractivity contribution in [1.82, 2.24) is 4.90 Å². The number of ether oxygens (including phenoxy) is 1. The van der Waals surface area contributed by atoms with E-state index >= 15 is 0 Å². The Kier molecular flexibility index (Phi) is 6.48. The van der Waals surface area contributed by atoms with Crippen LogP contribution >= 0.6 is 15.9 Å². The average Bonchev–Trinajstić information content (AvgIpc) is 3.15. The number of hydrogen-bond donors (Lipinski definition) is 0. The monoisotopic (exact) mass is 471 g/mol. The minimum Gasteiger partial charge on any atom is -0.438 e. The maximum atomic E-state index is 13.1. The van der Waals surface area contributed by atoms with E-state index in [1.54, 1.807) is 4.90 Å². The molecule has 1 fully saturated rings. The van der Waals surface area contributed by atoms with Gasteiger partial charge in [-0.1, -0.05) is 110 Å². The van der Waals surface area contributed by atoms with Gasteiger partial charge in [0.2, 0.25) is 0 Å². The molecule has 0 radical (unpaired) electrons. The number of allylic oxidation sites excluding steroid dienone is 3. The molecule has 1 aliphatic heterocycles. The highest BCUT2D eigenvalue weighted by Crippen LogP contribution is 2.46. The molecule has 1 saturated heterocycles. The summed E-state index contributed by atoms with van der Waals surface area (Å²) in [4.78, 5) is 14.8. The lowest BCUT2D eigenvalue weighted by molar-refractivity contribution is 0.131. The summed E-state index contributed by atoms with van der Waals surface area (Å²) in [5.74, 6) is 0. The van der Waals surface area contributed by atoms with Gasteiger partial charge in [-0.25, -0.2) is 4.79 Å². The molecule has 2 atom stereocenters. The van der Waals surface area contributed by atoms with Crippen molar-refractivity contribution in [3.05, 3.63) is 137 Å². The fourth-order valence-electron chi connectivity index (χ4n) is 3.71. The van der Waals surface area contributed by atoms with Gasteiger partial charge >= 0.3 is 6.09 Å². The first-order valence-corrected chi connectivity index (χ1v) is 10.8. The summed E-state index contributed by atoms with van der Waals surface area (Å²) in [5.41, 5.74) is 3.67. The van der Waals surface area contributed by atoms with Crippen molar-refractivity contribution in [2.24, 2.45) is 0 Å². The number of carbonyl (C=O) groups is 1. The molecule has 0 aromatic heterocycles. The molecular formula is C27H22BrNO2. The maximum Gasteiger partial charge on any atom is 0.415 e. The van der Waals surface area contributed by atoms with E-state index in [2.05, 4.69) is 22.5 Å². The van der Waals surface area contributed by atoms with Gasteiger partial charge in [0, 0.05) is 4.48 Å². The molecule has 1 heterocycles. The molecule has 154 valence electrons. The van der Waals surface area contributed by atoms with Gasteiger partial charge in [0.25, 0.3) is 0 Å². The molecule has 0 aliphatic carbocycles. The van der Waals surface area contributed by atoms with Crippen molar-refractivity contribution in [3.8, 4) is 0 Å². The number of halogens is 1. The molecule has 4 heteroatoms. The van der Waals surface area contributed by atoms with E-state index in [9.17, 15) is 4.79 Å². The molecule has 3 aromatic rings. The SMILES string of the molecule is C=C(Br)/C(=C\C=C\c1ccccc1)N1C(=O)O[C@H](c2ccccc2)[C@@H]1c1ccccc1. The van der Waals surface area contributed by atoms with Gasteiger partial charge in [-0.15, -0.1) is 0 Å². The third-order valence-electron chi connectivity index (χ3n) is 5.14. The molecule has 31 heavy (non-hydrogen) atoms. The van der Waals surface area contributed by atoms with Gasteiger partial charge in [-0.05, 0) is 38.7 Å². The number of rotatable bonds is 6. The first-order chi connectivity index (χ1) is 15.1. The lowest BCUT2D eigenvalue weighted by Gasteiger charge is -2.27. The highest BCUT2D eigenvalue weighted by molar-refractivity contribution is 9.11. The molecule has 0 saturated carbocycles. The quantitative estimate of drug-likeness (QED) is 0.349. The largest absolute Gasteiger partial charge is 0.438 e. The molecular weight excluding hydrogens is 450 g/mol. The van der Waals surface area contributed by atoms with Gasteiger partial charge in [0.1, 0.15) is 6.04 Å². The van der Waals surface area contributed by atoms with E-state index in [0.29, 0.717) is 10.2 Å². The summed E-state index contributed by atoms with van der Waals surface area (Å²) in [6.07, 6.45) is 4.97. The molecule has 0 spiro atoms. The van der Waals surface area contributed by atoms with Gasteiger partial charge in [0.05, 0.1) is 5.70 Å². The van der Waals surface area contributed by atoms with Crippen LogP contribution < -0.4 is 0 Å². The van der Waals surface area contributed by atoms with Gasteiger partial charge in [-0.2, -0.15) is 0 Å². The fourth-order valence-corrected chi connectivity index (χ4v) is 4.03. The second-order valence-corrected chi connectivity index (χ2v) is 8.12. The van der Waals surface area contributed by atoms with Gasteiger partial charge in [-0.3, -0.25) is 4.90 Å². The molecule has 0 unspecified atom stereocenters. The maximum absolute atomic E-state index is 13.1. The second-order valence-electron chi connectivity index (χ2n) is 7.17. The zero-order valence-corrected chi connectivity index (χ0v) is 18.5. The molecule has 4 rings (SSSR count). The van der Waals surface area contributed by atoms with Crippen LogP contribution in [-0.2, 0) is 4.74 Å². The van der Waals surface area contributed by atoms with E-state index in [1.807, 2.05) is 109 Å². The van der Waals surface area contributed by atoms with Gasteiger partial charge in [0.15, 0.2) is 6.10 Å². The Hall–Kier alpha value is -3.37. The average molecular weight is 472 g/mol. The smallest absolute Gasteiger partial charge is 0.415 e. The van der Waals surface area contributed by atoms with Crippen LogP contribution in [0.1, 0.15) is 28.8 Å². The molecule has 3 nitrogen and oxygen atoms in total.